The van der Waals surface area contributed by atoms with Gasteiger partial charge in [0.1, 0.15) is 11.9 Å². The molecule has 3 heterocycles. The topological polar surface area (TPSA) is 116 Å². The molecular formula is C22H24ClN7O4. The summed E-state index contributed by atoms with van der Waals surface area (Å²) < 4.78 is 5.06. The lowest BCUT2D eigenvalue weighted by molar-refractivity contribution is 0.0420. The van der Waals surface area contributed by atoms with Gasteiger partial charge in [0.2, 0.25) is 0 Å². The molecule has 0 N–H and O–H groups in total. The highest BCUT2D eigenvalue weighted by molar-refractivity contribution is 6.31. The van der Waals surface area contributed by atoms with Crippen molar-refractivity contribution in [1.29, 1.82) is 0 Å². The summed E-state index contributed by atoms with van der Waals surface area (Å²) in [4.78, 5) is 43.3. The number of rotatable bonds is 5. The zero-order valence-electron chi connectivity index (χ0n) is 19.0. The van der Waals surface area contributed by atoms with E-state index in [1.54, 1.807) is 42.0 Å². The zero-order chi connectivity index (χ0) is 24.2. The van der Waals surface area contributed by atoms with Gasteiger partial charge in [0.05, 0.1) is 36.8 Å². The average molecular weight is 486 g/mol. The van der Waals surface area contributed by atoms with Crippen LogP contribution in [0.5, 0.6) is 0 Å². The van der Waals surface area contributed by atoms with Crippen LogP contribution in [0.4, 0.5) is 5.82 Å². The van der Waals surface area contributed by atoms with Gasteiger partial charge in [-0.1, -0.05) is 11.6 Å². The highest BCUT2D eigenvalue weighted by Crippen LogP contribution is 2.23. The zero-order valence-corrected chi connectivity index (χ0v) is 19.8. The molecule has 1 saturated heterocycles. The number of benzene rings is 1. The Morgan fingerprint density at radius 3 is 2.68 bits per heavy atom. The van der Waals surface area contributed by atoms with Crippen molar-refractivity contribution in [3.8, 4) is 5.69 Å². The number of hydrogen-bond donors (Lipinski definition) is 0. The van der Waals surface area contributed by atoms with Gasteiger partial charge in [0, 0.05) is 24.2 Å². The minimum Gasteiger partial charge on any atom is -0.461 e. The summed E-state index contributed by atoms with van der Waals surface area (Å²) in [5.41, 5.74) is 1.06. The molecule has 2 aromatic heterocycles. The molecule has 0 radical (unpaired) electrons. The van der Waals surface area contributed by atoms with Crippen molar-refractivity contribution in [3.63, 3.8) is 0 Å². The normalized spacial score (nSPS) is 16.3. The number of hydroxylamine groups is 1. The molecule has 178 valence electrons. The number of ether oxygens (including phenoxy) is 1. The van der Waals surface area contributed by atoms with E-state index in [1.165, 1.54) is 23.3 Å². The molecule has 1 aromatic carbocycles. The first-order valence-electron chi connectivity index (χ1n) is 10.8. The van der Waals surface area contributed by atoms with Crippen LogP contribution in [0.1, 0.15) is 40.5 Å². The Bertz CT molecular complexity index is 1190. The first-order valence-corrected chi connectivity index (χ1v) is 11.2. The van der Waals surface area contributed by atoms with Gasteiger partial charge in [0.25, 0.3) is 5.91 Å². The molecule has 0 spiro atoms. The molecule has 0 saturated carbocycles. The highest BCUT2D eigenvalue weighted by atomic mass is 35.5. The number of halogens is 1. The lowest BCUT2D eigenvalue weighted by Crippen LogP contribution is -2.37. The van der Waals surface area contributed by atoms with Crippen molar-refractivity contribution in [2.45, 2.75) is 26.9 Å². The molecule has 1 fully saturated rings. The summed E-state index contributed by atoms with van der Waals surface area (Å²) >= 11 is 6.20. The number of hydrogen-bond acceptors (Lipinski definition) is 9. The molecule has 12 heteroatoms. The van der Waals surface area contributed by atoms with Crippen molar-refractivity contribution in [3.05, 3.63) is 58.8 Å². The van der Waals surface area contributed by atoms with E-state index in [4.69, 9.17) is 21.2 Å². The highest BCUT2D eigenvalue weighted by Gasteiger charge is 2.28. The van der Waals surface area contributed by atoms with Gasteiger partial charge in [-0.3, -0.25) is 9.63 Å². The Morgan fingerprint density at radius 1 is 1.18 bits per heavy atom. The summed E-state index contributed by atoms with van der Waals surface area (Å²) in [7, 11) is 0. The Labute approximate surface area is 201 Å². The number of amides is 1. The third-order valence-electron chi connectivity index (χ3n) is 5.03. The fraction of sp³-hybridized carbons (Fsp3) is 0.364. The monoisotopic (exact) mass is 485 g/mol. The van der Waals surface area contributed by atoms with Crippen LogP contribution in [0.25, 0.3) is 5.69 Å². The van der Waals surface area contributed by atoms with E-state index in [9.17, 15) is 9.59 Å². The number of carbonyl (C=O) groups excluding carboxylic acids is 2. The van der Waals surface area contributed by atoms with Crippen LogP contribution in [-0.4, -0.2) is 74.1 Å². The van der Waals surface area contributed by atoms with E-state index in [-0.39, 0.29) is 24.3 Å². The van der Waals surface area contributed by atoms with E-state index in [0.717, 1.165) is 0 Å². The maximum Gasteiger partial charge on any atom is 0.357 e. The molecule has 1 amide bonds. The summed E-state index contributed by atoms with van der Waals surface area (Å²) in [6.45, 7) is 6.52. The minimum absolute atomic E-state index is 0.146. The summed E-state index contributed by atoms with van der Waals surface area (Å²) in [6, 6.07) is 6.52. The summed E-state index contributed by atoms with van der Waals surface area (Å²) in [5.74, 6) is 0.0676. The molecule has 4 rings (SSSR count). The van der Waals surface area contributed by atoms with Crippen LogP contribution in [0.2, 0.25) is 5.02 Å². The Hall–Kier alpha value is -3.57. The summed E-state index contributed by atoms with van der Waals surface area (Å²) in [5, 5.41) is 10.3. The molecule has 11 nitrogen and oxygen atoms in total. The number of esters is 1. The first-order chi connectivity index (χ1) is 16.4. The van der Waals surface area contributed by atoms with Crippen molar-refractivity contribution in [1.82, 2.24) is 29.9 Å². The van der Waals surface area contributed by atoms with E-state index >= 15 is 0 Å². The average Bonchev–Trinajstić information content (AvgIpc) is 3.27. The van der Waals surface area contributed by atoms with E-state index in [0.29, 0.717) is 47.6 Å². The lowest BCUT2D eigenvalue weighted by Gasteiger charge is -2.23. The largest absolute Gasteiger partial charge is 0.461 e. The van der Waals surface area contributed by atoms with Gasteiger partial charge in [-0.2, -0.15) is 15.0 Å². The van der Waals surface area contributed by atoms with Crippen molar-refractivity contribution in [2.75, 3.05) is 31.3 Å². The van der Waals surface area contributed by atoms with E-state index in [1.807, 2.05) is 6.92 Å². The smallest absolute Gasteiger partial charge is 0.357 e. The van der Waals surface area contributed by atoms with Gasteiger partial charge >= 0.3 is 5.97 Å². The predicted molar refractivity (Wildman–Crippen MR) is 123 cm³/mol. The Balaban J connectivity index is 1.58. The minimum atomic E-state index is -0.533. The van der Waals surface area contributed by atoms with Crippen LogP contribution in [0, 0.1) is 6.92 Å². The van der Waals surface area contributed by atoms with Gasteiger partial charge in [-0.05, 0) is 39.0 Å². The van der Waals surface area contributed by atoms with Gasteiger partial charge in [0.15, 0.2) is 11.5 Å². The number of anilines is 1. The number of aromatic nitrogens is 5. The predicted octanol–water partition coefficient (Wildman–Crippen LogP) is 2.48. The number of carbonyl (C=O) groups is 2. The molecule has 34 heavy (non-hydrogen) atoms. The second-order valence-electron chi connectivity index (χ2n) is 7.63. The third kappa shape index (κ3) is 5.15. The third-order valence-corrected chi connectivity index (χ3v) is 5.27. The first kappa shape index (κ1) is 23.6. The van der Waals surface area contributed by atoms with Crippen LogP contribution < -0.4 is 5.06 Å². The Kier molecular flexibility index (Phi) is 7.03. The molecule has 0 unspecified atom stereocenters. The standard InChI is InChI=1S/C22H24ClN7O4/c1-4-33-22(32)18-12-20(27-15(3)26-18)29-10-9-28(13-14(2)34-29)21(31)17-11-16(23)5-6-19(17)30-24-7-8-25-30/h5-8,11-12,14H,4,9-10,13H2,1-3H3/t14-/m0/s1. The molecular weight excluding hydrogens is 462 g/mol. The van der Waals surface area contributed by atoms with E-state index < -0.39 is 5.97 Å². The van der Waals surface area contributed by atoms with Crippen molar-refractivity contribution < 1.29 is 19.2 Å². The van der Waals surface area contributed by atoms with Gasteiger partial charge in [-0.25, -0.2) is 19.8 Å². The molecule has 1 aliphatic heterocycles. The van der Waals surface area contributed by atoms with Crippen molar-refractivity contribution >= 4 is 29.3 Å². The maximum absolute atomic E-state index is 13.5. The lowest BCUT2D eigenvalue weighted by atomic mass is 10.1. The van der Waals surface area contributed by atoms with E-state index in [2.05, 4.69) is 20.2 Å². The van der Waals surface area contributed by atoms with Crippen LogP contribution in [-0.2, 0) is 9.57 Å². The number of aryl methyl sites for hydroxylation is 1. The second kappa shape index (κ2) is 10.1. The molecule has 0 bridgehead atoms. The molecule has 1 aliphatic rings. The van der Waals surface area contributed by atoms with Gasteiger partial charge in [-0.15, -0.1) is 0 Å². The van der Waals surface area contributed by atoms with Crippen molar-refractivity contribution in [2.24, 2.45) is 0 Å². The van der Waals surface area contributed by atoms with Crippen LogP contribution in [0.15, 0.2) is 36.7 Å². The van der Waals surface area contributed by atoms with Crippen LogP contribution >= 0.6 is 11.6 Å². The fourth-order valence-corrected chi connectivity index (χ4v) is 3.80. The molecule has 3 aromatic rings. The SMILES string of the molecule is CCOC(=O)c1cc(N2CCN(C(=O)c3cc(Cl)ccc3-n3nccn3)C[C@H](C)O2)nc(C)n1. The molecule has 0 aliphatic carbocycles. The Morgan fingerprint density at radius 2 is 1.94 bits per heavy atom. The summed E-state index contributed by atoms with van der Waals surface area (Å²) in [6.07, 6.45) is 2.73. The maximum atomic E-state index is 13.5. The fourth-order valence-electron chi connectivity index (χ4n) is 3.62. The quantitative estimate of drug-likeness (QED) is 0.502. The number of nitrogens with zero attached hydrogens (tertiary/aromatic N) is 7. The molecule has 1 atom stereocenters. The van der Waals surface area contributed by atoms with Gasteiger partial charge < -0.3 is 9.64 Å². The van der Waals surface area contributed by atoms with Crippen LogP contribution in [0.3, 0.4) is 0 Å². The second-order valence-corrected chi connectivity index (χ2v) is 8.06.